The molecule has 0 aliphatic carbocycles. The highest BCUT2D eigenvalue weighted by Gasteiger charge is 2.27. The van der Waals surface area contributed by atoms with Crippen molar-refractivity contribution < 1.29 is 22.3 Å². The Bertz CT molecular complexity index is 1230. The minimum Gasteiger partial charge on any atom is -0.494 e. The molecule has 0 aliphatic heterocycles. The van der Waals surface area contributed by atoms with Crippen LogP contribution in [-0.4, -0.2) is 39.8 Å². The fourth-order valence-corrected chi connectivity index (χ4v) is 5.78. The van der Waals surface area contributed by atoms with Crippen LogP contribution < -0.4 is 14.4 Å². The number of carbonyl (C=O) groups excluding carboxylic acids is 1. The van der Waals surface area contributed by atoms with Gasteiger partial charge in [0, 0.05) is 12.3 Å². The maximum atomic E-state index is 13.7. The largest absolute Gasteiger partial charge is 0.494 e. The lowest BCUT2D eigenvalue weighted by atomic mass is 10.2. The highest BCUT2D eigenvalue weighted by molar-refractivity contribution is 7.98. The van der Waals surface area contributed by atoms with E-state index in [0.29, 0.717) is 42.3 Å². The summed E-state index contributed by atoms with van der Waals surface area (Å²) in [6.45, 7) is 4.29. The molecule has 0 aliphatic rings. The van der Waals surface area contributed by atoms with E-state index >= 15 is 0 Å². The average Bonchev–Trinajstić information content (AvgIpc) is 2.87. The smallest absolute Gasteiger partial charge is 0.264 e. The van der Waals surface area contributed by atoms with Crippen LogP contribution in [0, 0.1) is 12.7 Å². The number of anilines is 1. The first-order valence-electron chi connectivity index (χ1n) is 11.7. The SMILES string of the molecule is CCOc1ccc(S(=O)(=O)N(CC(=O)NCCCSCc2ccccc2F)c2ccc(C)cc2)cc1. The number of nitrogens with one attached hydrogen (secondary N) is 1. The summed E-state index contributed by atoms with van der Waals surface area (Å²) >= 11 is 1.58. The Balaban J connectivity index is 1.60. The lowest BCUT2D eigenvalue weighted by Crippen LogP contribution is -2.41. The number of rotatable bonds is 13. The summed E-state index contributed by atoms with van der Waals surface area (Å²) in [5.41, 5.74) is 2.04. The van der Waals surface area contributed by atoms with Gasteiger partial charge in [0.1, 0.15) is 18.1 Å². The number of ether oxygens (including phenoxy) is 1. The van der Waals surface area contributed by atoms with Gasteiger partial charge in [0.15, 0.2) is 0 Å². The fraction of sp³-hybridized carbons (Fsp3) is 0.296. The van der Waals surface area contributed by atoms with Crippen LogP contribution in [0.25, 0.3) is 0 Å². The molecule has 3 aromatic carbocycles. The van der Waals surface area contributed by atoms with Crippen LogP contribution in [0.3, 0.4) is 0 Å². The van der Waals surface area contributed by atoms with Gasteiger partial charge >= 0.3 is 0 Å². The van der Waals surface area contributed by atoms with E-state index in [0.717, 1.165) is 15.6 Å². The quantitative estimate of drug-likeness (QED) is 0.309. The third-order valence-electron chi connectivity index (χ3n) is 5.33. The number of nitrogens with zero attached hydrogens (tertiary/aromatic N) is 1. The molecule has 3 rings (SSSR count). The van der Waals surface area contributed by atoms with E-state index in [-0.39, 0.29) is 17.3 Å². The third kappa shape index (κ3) is 7.73. The first-order valence-corrected chi connectivity index (χ1v) is 14.3. The van der Waals surface area contributed by atoms with Crippen LogP contribution in [0.2, 0.25) is 0 Å². The molecule has 0 unspecified atom stereocenters. The Morgan fingerprint density at radius 2 is 1.72 bits per heavy atom. The standard InChI is InChI=1S/C27H31FN2O4S2/c1-3-34-24-13-15-25(16-14-24)36(32,33)30(23-11-9-21(2)10-12-23)19-27(31)29-17-6-18-35-20-22-7-4-5-8-26(22)28/h4-5,7-16H,3,6,17-20H2,1-2H3,(H,29,31). The van der Waals surface area contributed by atoms with Crippen molar-refractivity contribution in [2.75, 3.05) is 29.8 Å². The zero-order valence-corrected chi connectivity index (χ0v) is 22.1. The van der Waals surface area contributed by atoms with E-state index in [4.69, 9.17) is 4.74 Å². The minimum atomic E-state index is -3.99. The van der Waals surface area contributed by atoms with Crippen molar-refractivity contribution >= 4 is 33.4 Å². The molecule has 6 nitrogen and oxygen atoms in total. The fourth-order valence-electron chi connectivity index (χ4n) is 3.41. The molecule has 1 amide bonds. The average molecular weight is 531 g/mol. The van der Waals surface area contributed by atoms with E-state index in [2.05, 4.69) is 5.32 Å². The number of sulfonamides is 1. The predicted molar refractivity (Wildman–Crippen MR) is 144 cm³/mol. The number of aryl methyl sites for hydroxylation is 1. The van der Waals surface area contributed by atoms with Crippen LogP contribution >= 0.6 is 11.8 Å². The second kappa shape index (κ2) is 13.3. The lowest BCUT2D eigenvalue weighted by Gasteiger charge is -2.24. The Hall–Kier alpha value is -3.04. The molecule has 1 N–H and O–H groups in total. The number of hydrogen-bond acceptors (Lipinski definition) is 5. The molecule has 0 radical (unpaired) electrons. The summed E-state index contributed by atoms with van der Waals surface area (Å²) in [5.74, 6) is 1.25. The molecular formula is C27H31FN2O4S2. The van der Waals surface area contributed by atoms with Gasteiger partial charge in [-0.2, -0.15) is 11.8 Å². The van der Waals surface area contributed by atoms with Crippen molar-refractivity contribution in [2.24, 2.45) is 0 Å². The minimum absolute atomic E-state index is 0.0730. The van der Waals surface area contributed by atoms with Crippen LogP contribution in [-0.2, 0) is 20.6 Å². The van der Waals surface area contributed by atoms with Gasteiger partial charge in [0.05, 0.1) is 17.2 Å². The first-order chi connectivity index (χ1) is 17.3. The molecular weight excluding hydrogens is 499 g/mol. The van der Waals surface area contributed by atoms with Crippen molar-refractivity contribution in [3.8, 4) is 5.75 Å². The van der Waals surface area contributed by atoms with Gasteiger partial charge in [-0.3, -0.25) is 9.10 Å². The Morgan fingerprint density at radius 3 is 2.39 bits per heavy atom. The van der Waals surface area contributed by atoms with E-state index in [1.807, 2.05) is 13.8 Å². The van der Waals surface area contributed by atoms with Crippen molar-refractivity contribution in [1.29, 1.82) is 0 Å². The van der Waals surface area contributed by atoms with Gasteiger partial charge in [-0.25, -0.2) is 12.8 Å². The molecule has 192 valence electrons. The third-order valence-corrected chi connectivity index (χ3v) is 8.22. The zero-order chi connectivity index (χ0) is 26.0. The normalized spacial score (nSPS) is 11.2. The van der Waals surface area contributed by atoms with E-state index in [1.54, 1.807) is 66.4 Å². The van der Waals surface area contributed by atoms with Crippen LogP contribution in [0.5, 0.6) is 5.75 Å². The molecule has 0 bridgehead atoms. The molecule has 0 saturated carbocycles. The second-order valence-electron chi connectivity index (χ2n) is 8.10. The summed E-state index contributed by atoms with van der Waals surface area (Å²) in [4.78, 5) is 12.8. The van der Waals surface area contributed by atoms with Gasteiger partial charge in [0.25, 0.3) is 10.0 Å². The van der Waals surface area contributed by atoms with Crippen LogP contribution in [0.15, 0.2) is 77.7 Å². The maximum Gasteiger partial charge on any atom is 0.264 e. The summed E-state index contributed by atoms with van der Waals surface area (Å²) in [6, 6.07) is 19.8. The maximum absolute atomic E-state index is 13.7. The van der Waals surface area contributed by atoms with Gasteiger partial charge < -0.3 is 10.1 Å². The summed E-state index contributed by atoms with van der Waals surface area (Å²) in [5, 5.41) is 2.80. The number of amides is 1. The van der Waals surface area contributed by atoms with Crippen molar-refractivity contribution in [3.63, 3.8) is 0 Å². The van der Waals surface area contributed by atoms with Crippen LogP contribution in [0.1, 0.15) is 24.5 Å². The predicted octanol–water partition coefficient (Wildman–Crippen LogP) is 5.17. The lowest BCUT2D eigenvalue weighted by molar-refractivity contribution is -0.119. The highest BCUT2D eigenvalue weighted by atomic mass is 32.2. The molecule has 0 atom stereocenters. The molecule has 36 heavy (non-hydrogen) atoms. The molecule has 0 saturated heterocycles. The number of hydrogen-bond donors (Lipinski definition) is 1. The van der Waals surface area contributed by atoms with Gasteiger partial charge in [-0.15, -0.1) is 0 Å². The topological polar surface area (TPSA) is 75.7 Å². The van der Waals surface area contributed by atoms with Crippen molar-refractivity contribution in [3.05, 3.63) is 89.7 Å². The summed E-state index contributed by atoms with van der Waals surface area (Å²) in [6.07, 6.45) is 0.682. The molecule has 0 fully saturated rings. The van der Waals surface area contributed by atoms with Gasteiger partial charge in [-0.05, 0) is 74.0 Å². The van der Waals surface area contributed by atoms with Gasteiger partial charge in [-0.1, -0.05) is 35.9 Å². The molecule has 9 heteroatoms. The molecule has 3 aromatic rings. The summed E-state index contributed by atoms with van der Waals surface area (Å²) in [7, 11) is -3.99. The zero-order valence-electron chi connectivity index (χ0n) is 20.4. The monoisotopic (exact) mass is 530 g/mol. The highest BCUT2D eigenvalue weighted by Crippen LogP contribution is 2.25. The summed E-state index contributed by atoms with van der Waals surface area (Å²) < 4.78 is 47.2. The Kier molecular flexibility index (Phi) is 10.2. The second-order valence-corrected chi connectivity index (χ2v) is 11.1. The number of halogens is 1. The van der Waals surface area contributed by atoms with E-state index in [1.165, 1.54) is 18.2 Å². The number of thioether (sulfide) groups is 1. The number of carbonyl (C=O) groups is 1. The number of benzene rings is 3. The van der Waals surface area contributed by atoms with Crippen LogP contribution in [0.4, 0.5) is 10.1 Å². The molecule has 0 aromatic heterocycles. The molecule has 0 heterocycles. The Labute approximate surface area is 216 Å². The first kappa shape index (κ1) is 27.5. The van der Waals surface area contributed by atoms with Crippen molar-refractivity contribution in [1.82, 2.24) is 5.32 Å². The molecule has 0 spiro atoms. The van der Waals surface area contributed by atoms with Crippen molar-refractivity contribution in [2.45, 2.75) is 30.9 Å². The van der Waals surface area contributed by atoms with E-state index < -0.39 is 15.9 Å². The Morgan fingerprint density at radius 1 is 1.03 bits per heavy atom. The van der Waals surface area contributed by atoms with Gasteiger partial charge in [0.2, 0.25) is 5.91 Å². The van der Waals surface area contributed by atoms with E-state index in [9.17, 15) is 17.6 Å².